The van der Waals surface area contributed by atoms with E-state index in [4.69, 9.17) is 14.9 Å². The molecule has 1 saturated heterocycles. The van der Waals surface area contributed by atoms with Gasteiger partial charge in [-0.3, -0.25) is 4.79 Å². The molecule has 2 aliphatic heterocycles. The number of nitrogens with zero attached hydrogens (tertiary/aromatic N) is 1. The van der Waals surface area contributed by atoms with E-state index in [1.165, 1.54) is 5.56 Å². The zero-order valence-corrected chi connectivity index (χ0v) is 17.9. The summed E-state index contributed by atoms with van der Waals surface area (Å²) in [6.45, 7) is 2.25. The molecule has 5 nitrogen and oxygen atoms in total. The van der Waals surface area contributed by atoms with E-state index in [2.05, 4.69) is 17.9 Å². The van der Waals surface area contributed by atoms with Crippen molar-refractivity contribution in [3.63, 3.8) is 0 Å². The van der Waals surface area contributed by atoms with Crippen LogP contribution >= 0.6 is 0 Å². The van der Waals surface area contributed by atoms with Crippen LogP contribution in [0.3, 0.4) is 0 Å². The van der Waals surface area contributed by atoms with Gasteiger partial charge in [0.1, 0.15) is 17.4 Å². The first-order valence-electron chi connectivity index (χ1n) is 10.8. The molecule has 1 amide bonds. The fourth-order valence-electron chi connectivity index (χ4n) is 4.53. The highest BCUT2D eigenvalue weighted by Gasteiger charge is 2.44. The van der Waals surface area contributed by atoms with E-state index in [1.807, 2.05) is 12.1 Å². The molecule has 0 bridgehead atoms. The number of fused-ring (bicyclic) bond motifs is 2. The highest BCUT2D eigenvalue weighted by molar-refractivity contribution is 5.91. The molecule has 0 atom stereocenters. The molecule has 0 radical (unpaired) electrons. The van der Waals surface area contributed by atoms with Gasteiger partial charge in [0.25, 0.3) is 5.91 Å². The maximum atomic E-state index is 13.3. The molecule has 1 spiro atoms. The smallest absolute Gasteiger partial charge is 0.289 e. The molecule has 33 heavy (non-hydrogen) atoms. The maximum Gasteiger partial charge on any atom is 0.289 e. The van der Waals surface area contributed by atoms with Gasteiger partial charge < -0.3 is 19.8 Å². The Kier molecular flexibility index (Phi) is 5.39. The number of amides is 1. The van der Waals surface area contributed by atoms with Crippen molar-refractivity contribution in [3.05, 3.63) is 88.4 Å². The third kappa shape index (κ3) is 4.10. The Hall–Kier alpha value is -3.63. The quantitative estimate of drug-likeness (QED) is 0.602. The number of likely N-dealkylation sites (tertiary alicyclic amines) is 1. The number of hydrogen-bond acceptors (Lipinski definition) is 4. The number of carbonyl (C=O) groups is 1. The maximum absolute atomic E-state index is 13.3. The van der Waals surface area contributed by atoms with E-state index in [1.54, 1.807) is 17.0 Å². The van der Waals surface area contributed by atoms with E-state index in [9.17, 15) is 13.6 Å². The summed E-state index contributed by atoms with van der Waals surface area (Å²) in [5.74, 6) is 5.10. The standard InChI is InChI=1S/C26H22F2N2O3/c27-19-11-17(12-20(28)14-19)1-3-21-4-6-24(33-21)25(31)30-9-7-26(8-10-30)16-32-23-5-2-18(15-29)13-22(23)26/h2,4-6,11-14H,7-10,15-16,29H2. The van der Waals surface area contributed by atoms with E-state index in [0.29, 0.717) is 26.2 Å². The SMILES string of the molecule is NCc1ccc2c(c1)C1(CCN(C(=O)c3ccc(C#Cc4cc(F)cc(F)c4)o3)CC1)CO2. The van der Waals surface area contributed by atoms with Gasteiger partial charge >= 0.3 is 0 Å². The summed E-state index contributed by atoms with van der Waals surface area (Å²) in [6.07, 6.45) is 1.58. The van der Waals surface area contributed by atoms with Crippen LogP contribution in [0.5, 0.6) is 5.75 Å². The summed E-state index contributed by atoms with van der Waals surface area (Å²) < 4.78 is 38.1. The summed E-state index contributed by atoms with van der Waals surface area (Å²) in [7, 11) is 0. The fraction of sp³-hybridized carbons (Fsp3) is 0.269. The predicted molar refractivity (Wildman–Crippen MR) is 118 cm³/mol. The van der Waals surface area contributed by atoms with Crippen LogP contribution in [0.4, 0.5) is 8.78 Å². The van der Waals surface area contributed by atoms with Crippen LogP contribution in [-0.2, 0) is 12.0 Å². The lowest BCUT2D eigenvalue weighted by molar-refractivity contribution is 0.0615. The number of rotatable bonds is 2. The van der Waals surface area contributed by atoms with Crippen LogP contribution in [0.2, 0.25) is 0 Å². The molecule has 0 unspecified atom stereocenters. The van der Waals surface area contributed by atoms with Gasteiger partial charge in [0, 0.05) is 42.2 Å². The zero-order valence-electron chi connectivity index (χ0n) is 17.9. The second kappa shape index (κ2) is 8.38. The average Bonchev–Trinajstić information content (AvgIpc) is 3.42. The summed E-state index contributed by atoms with van der Waals surface area (Å²) in [6, 6.07) is 12.3. The van der Waals surface area contributed by atoms with Crippen LogP contribution in [0.15, 0.2) is 52.9 Å². The van der Waals surface area contributed by atoms with Gasteiger partial charge in [-0.25, -0.2) is 8.78 Å². The van der Waals surface area contributed by atoms with Gasteiger partial charge in [0.15, 0.2) is 11.5 Å². The first kappa shape index (κ1) is 21.2. The Labute approximate surface area is 190 Å². The van der Waals surface area contributed by atoms with Crippen LogP contribution in [0.25, 0.3) is 0 Å². The van der Waals surface area contributed by atoms with E-state index < -0.39 is 11.6 Å². The van der Waals surface area contributed by atoms with Gasteiger partial charge in [-0.2, -0.15) is 0 Å². The summed E-state index contributed by atoms with van der Waals surface area (Å²) in [5, 5.41) is 0. The van der Waals surface area contributed by atoms with Crippen LogP contribution < -0.4 is 10.5 Å². The number of halogens is 2. The van der Waals surface area contributed by atoms with Crippen molar-refractivity contribution in [2.45, 2.75) is 24.8 Å². The monoisotopic (exact) mass is 448 g/mol. The molecule has 3 heterocycles. The lowest BCUT2D eigenvalue weighted by Crippen LogP contribution is -2.46. The average molecular weight is 448 g/mol. The lowest BCUT2D eigenvalue weighted by atomic mass is 9.74. The highest BCUT2D eigenvalue weighted by Crippen LogP contribution is 2.46. The van der Waals surface area contributed by atoms with Gasteiger partial charge in [0.05, 0.1) is 6.61 Å². The van der Waals surface area contributed by atoms with Crippen molar-refractivity contribution in [2.75, 3.05) is 19.7 Å². The third-order valence-electron chi connectivity index (χ3n) is 6.37. The van der Waals surface area contributed by atoms with Crippen molar-refractivity contribution in [2.24, 2.45) is 5.73 Å². The Morgan fingerprint density at radius 1 is 1.03 bits per heavy atom. The predicted octanol–water partition coefficient (Wildman–Crippen LogP) is 3.98. The van der Waals surface area contributed by atoms with Gasteiger partial charge in [-0.05, 0) is 54.7 Å². The van der Waals surface area contributed by atoms with Crippen molar-refractivity contribution in [1.29, 1.82) is 0 Å². The minimum atomic E-state index is -0.702. The largest absolute Gasteiger partial charge is 0.492 e. The molecule has 5 rings (SSSR count). The number of carbonyl (C=O) groups excluding carboxylic acids is 1. The molecular weight excluding hydrogens is 426 g/mol. The lowest BCUT2D eigenvalue weighted by Gasteiger charge is -2.38. The molecule has 1 fully saturated rings. The molecule has 0 aliphatic carbocycles. The molecule has 3 aromatic rings. The van der Waals surface area contributed by atoms with E-state index in [0.717, 1.165) is 42.4 Å². The molecular formula is C26H22F2N2O3. The zero-order chi connectivity index (χ0) is 23.0. The normalized spacial score (nSPS) is 16.2. The second-order valence-electron chi connectivity index (χ2n) is 8.47. The number of benzene rings is 2. The van der Waals surface area contributed by atoms with Crippen LogP contribution in [0.1, 0.15) is 45.8 Å². The molecule has 0 saturated carbocycles. The molecule has 168 valence electrons. The van der Waals surface area contributed by atoms with Gasteiger partial charge in [-0.1, -0.05) is 18.1 Å². The minimum absolute atomic E-state index is 0.0999. The molecule has 7 heteroatoms. The Morgan fingerprint density at radius 2 is 1.79 bits per heavy atom. The Morgan fingerprint density at radius 3 is 2.52 bits per heavy atom. The number of ether oxygens (including phenoxy) is 1. The first-order valence-corrected chi connectivity index (χ1v) is 10.8. The Bertz CT molecular complexity index is 1260. The topological polar surface area (TPSA) is 68.7 Å². The summed E-state index contributed by atoms with van der Waals surface area (Å²) in [4.78, 5) is 14.7. The molecule has 1 aromatic heterocycles. The minimum Gasteiger partial charge on any atom is -0.492 e. The van der Waals surface area contributed by atoms with E-state index in [-0.39, 0.29) is 28.4 Å². The van der Waals surface area contributed by atoms with Crippen molar-refractivity contribution < 1.29 is 22.7 Å². The molecule has 2 aromatic carbocycles. The Balaban J connectivity index is 1.27. The van der Waals surface area contributed by atoms with Gasteiger partial charge in [0.2, 0.25) is 0 Å². The number of piperidine rings is 1. The number of furan rings is 1. The van der Waals surface area contributed by atoms with Crippen LogP contribution in [0, 0.1) is 23.5 Å². The van der Waals surface area contributed by atoms with Crippen molar-refractivity contribution in [1.82, 2.24) is 4.90 Å². The number of nitrogens with two attached hydrogens (primary N) is 1. The highest BCUT2D eigenvalue weighted by atomic mass is 19.1. The number of hydrogen-bond donors (Lipinski definition) is 1. The van der Waals surface area contributed by atoms with Gasteiger partial charge in [-0.15, -0.1) is 0 Å². The van der Waals surface area contributed by atoms with E-state index >= 15 is 0 Å². The van der Waals surface area contributed by atoms with Crippen LogP contribution in [-0.4, -0.2) is 30.5 Å². The third-order valence-corrected chi connectivity index (χ3v) is 6.37. The molecule has 2 aliphatic rings. The van der Waals surface area contributed by atoms with Crippen molar-refractivity contribution >= 4 is 5.91 Å². The fourth-order valence-corrected chi connectivity index (χ4v) is 4.53. The second-order valence-corrected chi connectivity index (χ2v) is 8.47. The van der Waals surface area contributed by atoms with Crippen molar-refractivity contribution in [3.8, 4) is 17.6 Å². The summed E-state index contributed by atoms with van der Waals surface area (Å²) in [5.41, 5.74) is 8.15. The summed E-state index contributed by atoms with van der Waals surface area (Å²) >= 11 is 0. The first-order chi connectivity index (χ1) is 16.0. The molecule has 2 N–H and O–H groups in total.